The number of unbranched alkanes of at least 4 members (excludes halogenated alkanes) is 3. The van der Waals surface area contributed by atoms with E-state index in [2.05, 4.69) is 45.0 Å². The van der Waals surface area contributed by atoms with Gasteiger partial charge in [-0.2, -0.15) is 5.10 Å². The van der Waals surface area contributed by atoms with E-state index in [0.717, 1.165) is 37.8 Å². The van der Waals surface area contributed by atoms with Crippen LogP contribution < -0.4 is 5.32 Å². The van der Waals surface area contributed by atoms with Gasteiger partial charge in [0.15, 0.2) is 0 Å². The number of nitrogens with one attached hydrogen (secondary N) is 1. The molecule has 0 fully saturated rings. The third-order valence-corrected chi connectivity index (χ3v) is 4.38. The molecule has 0 atom stereocenters. The van der Waals surface area contributed by atoms with E-state index >= 15 is 0 Å². The highest BCUT2D eigenvalue weighted by Crippen LogP contribution is 2.23. The molecule has 26 heavy (non-hydrogen) atoms. The molecule has 1 heterocycles. The average molecular weight is 365 g/mol. The number of aryl methyl sites for hydroxylation is 1. The normalized spacial score (nSPS) is 11.5. The van der Waals surface area contributed by atoms with Crippen LogP contribution in [0.1, 0.15) is 78.8 Å². The summed E-state index contributed by atoms with van der Waals surface area (Å²) in [5.41, 5.74) is 0.845. The lowest BCUT2D eigenvalue weighted by Gasteiger charge is -2.22. The zero-order valence-corrected chi connectivity index (χ0v) is 17.4. The maximum atomic E-state index is 12.5. The monoisotopic (exact) mass is 364 g/mol. The average Bonchev–Trinajstić information content (AvgIpc) is 2.92. The molecule has 0 unspecified atom stereocenters. The van der Waals surface area contributed by atoms with Gasteiger partial charge in [-0.25, -0.2) is 0 Å². The van der Waals surface area contributed by atoms with E-state index in [4.69, 9.17) is 0 Å². The van der Waals surface area contributed by atoms with Gasteiger partial charge in [-0.15, -0.1) is 0 Å². The van der Waals surface area contributed by atoms with Crippen molar-refractivity contribution in [1.29, 1.82) is 0 Å². The first-order valence-electron chi connectivity index (χ1n) is 9.81. The molecule has 0 spiro atoms. The number of anilines is 1. The van der Waals surface area contributed by atoms with Gasteiger partial charge in [0.05, 0.1) is 12.2 Å². The van der Waals surface area contributed by atoms with Gasteiger partial charge >= 0.3 is 0 Å². The number of rotatable bonds is 10. The van der Waals surface area contributed by atoms with Crippen molar-refractivity contribution >= 4 is 17.6 Å². The zero-order chi connectivity index (χ0) is 19.7. The summed E-state index contributed by atoms with van der Waals surface area (Å²) in [7, 11) is 1.82. The Morgan fingerprint density at radius 2 is 1.81 bits per heavy atom. The summed E-state index contributed by atoms with van der Waals surface area (Å²) < 4.78 is 1.68. The molecule has 1 N–H and O–H groups in total. The molecule has 1 aromatic rings. The Balaban J connectivity index is 2.71. The first-order valence-corrected chi connectivity index (χ1v) is 9.81. The van der Waals surface area contributed by atoms with E-state index in [-0.39, 0.29) is 23.8 Å². The summed E-state index contributed by atoms with van der Waals surface area (Å²) in [4.78, 5) is 26.6. The fourth-order valence-corrected chi connectivity index (χ4v) is 2.63. The van der Waals surface area contributed by atoms with Crippen molar-refractivity contribution in [2.75, 3.05) is 18.4 Å². The molecule has 0 aliphatic rings. The number of hydrogen-bond donors (Lipinski definition) is 1. The Labute approximate surface area is 158 Å². The van der Waals surface area contributed by atoms with Crippen molar-refractivity contribution in [1.82, 2.24) is 14.7 Å². The summed E-state index contributed by atoms with van der Waals surface area (Å²) in [6, 6.07) is 1.90. The number of hydrogen-bond acceptors (Lipinski definition) is 3. The lowest BCUT2D eigenvalue weighted by Crippen LogP contribution is -2.38. The smallest absolute Gasteiger partial charge is 0.245 e. The van der Waals surface area contributed by atoms with Crippen LogP contribution in [0.25, 0.3) is 0 Å². The molecule has 1 aromatic heterocycles. The van der Waals surface area contributed by atoms with Gasteiger partial charge in [-0.1, -0.05) is 53.9 Å². The van der Waals surface area contributed by atoms with Gasteiger partial charge in [0.2, 0.25) is 11.8 Å². The maximum absolute atomic E-state index is 12.5. The molecule has 2 amide bonds. The van der Waals surface area contributed by atoms with Crippen LogP contribution >= 0.6 is 0 Å². The van der Waals surface area contributed by atoms with Crippen molar-refractivity contribution in [3.63, 3.8) is 0 Å². The van der Waals surface area contributed by atoms with Gasteiger partial charge < -0.3 is 10.2 Å². The Hall–Kier alpha value is -1.85. The second kappa shape index (κ2) is 10.3. The van der Waals surface area contributed by atoms with E-state index in [0.29, 0.717) is 18.8 Å². The van der Waals surface area contributed by atoms with Crippen LogP contribution in [0.5, 0.6) is 0 Å². The lowest BCUT2D eigenvalue weighted by molar-refractivity contribution is -0.134. The highest BCUT2D eigenvalue weighted by Gasteiger charge is 2.21. The van der Waals surface area contributed by atoms with Crippen molar-refractivity contribution in [3.05, 3.63) is 11.8 Å². The van der Waals surface area contributed by atoms with E-state index in [1.807, 2.05) is 13.1 Å². The van der Waals surface area contributed by atoms with Crippen LogP contribution in [0.15, 0.2) is 6.07 Å². The fraction of sp³-hybridized carbons (Fsp3) is 0.750. The van der Waals surface area contributed by atoms with E-state index in [1.54, 1.807) is 9.58 Å². The van der Waals surface area contributed by atoms with Gasteiger partial charge in [0, 0.05) is 31.5 Å². The summed E-state index contributed by atoms with van der Waals surface area (Å²) in [6.07, 6.45) is 5.44. The highest BCUT2D eigenvalue weighted by molar-refractivity contribution is 5.94. The largest absolute Gasteiger partial charge is 0.333 e. The predicted octanol–water partition coefficient (Wildman–Crippen LogP) is 3.87. The number of nitrogens with zero attached hydrogens (tertiary/aromatic N) is 3. The molecule has 1 rings (SSSR count). The third kappa shape index (κ3) is 7.18. The van der Waals surface area contributed by atoms with Crippen LogP contribution in [0.4, 0.5) is 5.82 Å². The zero-order valence-electron chi connectivity index (χ0n) is 17.4. The SMILES string of the molecule is CCCCCC(=O)N(CCCC)CC(=O)Nc1cc(C(C)(C)C)nn1C. The number of carbonyl (C=O) groups is 2. The van der Waals surface area contributed by atoms with Crippen molar-refractivity contribution < 1.29 is 9.59 Å². The molecule has 6 heteroatoms. The summed E-state index contributed by atoms with van der Waals surface area (Å²) in [5.74, 6) is 0.560. The predicted molar refractivity (Wildman–Crippen MR) is 106 cm³/mol. The van der Waals surface area contributed by atoms with Crippen molar-refractivity contribution in [2.24, 2.45) is 7.05 Å². The number of amides is 2. The van der Waals surface area contributed by atoms with Crippen LogP contribution in [0, 0.1) is 0 Å². The topological polar surface area (TPSA) is 67.2 Å². The van der Waals surface area contributed by atoms with Crippen LogP contribution in [0.2, 0.25) is 0 Å². The van der Waals surface area contributed by atoms with Crippen molar-refractivity contribution in [2.45, 2.75) is 78.6 Å². The molecule has 6 nitrogen and oxygen atoms in total. The molecule has 0 aliphatic heterocycles. The lowest BCUT2D eigenvalue weighted by atomic mass is 9.92. The minimum absolute atomic E-state index is 0.0717. The van der Waals surface area contributed by atoms with E-state index < -0.39 is 0 Å². The summed E-state index contributed by atoms with van der Waals surface area (Å²) in [6.45, 7) is 11.2. The van der Waals surface area contributed by atoms with Crippen molar-refractivity contribution in [3.8, 4) is 0 Å². The quantitative estimate of drug-likeness (QED) is 0.641. The molecule has 0 aliphatic carbocycles. The van der Waals surface area contributed by atoms with E-state index in [9.17, 15) is 9.59 Å². The Morgan fingerprint density at radius 3 is 2.35 bits per heavy atom. The first kappa shape index (κ1) is 22.2. The molecule has 0 radical (unpaired) electrons. The Bertz CT molecular complexity index is 587. The maximum Gasteiger partial charge on any atom is 0.245 e. The molecular weight excluding hydrogens is 328 g/mol. The second-order valence-corrected chi connectivity index (χ2v) is 7.96. The summed E-state index contributed by atoms with van der Waals surface area (Å²) in [5, 5.41) is 7.37. The van der Waals surface area contributed by atoms with Crippen LogP contribution in [0.3, 0.4) is 0 Å². The fourth-order valence-electron chi connectivity index (χ4n) is 2.63. The molecule has 0 saturated carbocycles. The standard InChI is InChI=1S/C20H36N4O2/c1-7-9-11-12-19(26)24(13-10-8-2)15-18(25)21-17-14-16(20(3,4)5)22-23(17)6/h14H,7-13,15H2,1-6H3,(H,21,25). The highest BCUT2D eigenvalue weighted by atomic mass is 16.2. The molecule has 0 saturated heterocycles. The molecule has 0 aromatic carbocycles. The van der Waals surface area contributed by atoms with E-state index in [1.165, 1.54) is 0 Å². The van der Waals surface area contributed by atoms with Gasteiger partial charge in [-0.05, 0) is 12.8 Å². The third-order valence-electron chi connectivity index (χ3n) is 4.38. The minimum Gasteiger partial charge on any atom is -0.333 e. The van der Waals surface area contributed by atoms with Gasteiger partial charge in [0.25, 0.3) is 0 Å². The van der Waals surface area contributed by atoms with Gasteiger partial charge in [-0.3, -0.25) is 14.3 Å². The summed E-state index contributed by atoms with van der Waals surface area (Å²) >= 11 is 0. The minimum atomic E-state index is -0.173. The molecule has 0 bridgehead atoms. The molecular formula is C20H36N4O2. The number of carbonyl (C=O) groups excluding carboxylic acids is 2. The van der Waals surface area contributed by atoms with Gasteiger partial charge in [0.1, 0.15) is 5.82 Å². The van der Waals surface area contributed by atoms with Crippen LogP contribution in [-0.4, -0.2) is 39.6 Å². The van der Waals surface area contributed by atoms with Crippen LogP contribution in [-0.2, 0) is 22.1 Å². The Morgan fingerprint density at radius 1 is 1.15 bits per heavy atom. The number of aromatic nitrogens is 2. The second-order valence-electron chi connectivity index (χ2n) is 7.96. The Kier molecular flexibility index (Phi) is 8.82. The first-order chi connectivity index (χ1) is 12.2. The molecule has 148 valence electrons.